The predicted octanol–water partition coefficient (Wildman–Crippen LogP) is 5.32. The lowest BCUT2D eigenvalue weighted by molar-refractivity contribution is -0.138. The highest BCUT2D eigenvalue weighted by Crippen LogP contribution is 2.64. The van der Waals surface area contributed by atoms with Crippen molar-refractivity contribution in [2.24, 2.45) is 23.2 Å². The molecule has 2 saturated carbocycles. The number of halogens is 1. The number of rotatable bonds is 4. The van der Waals surface area contributed by atoms with Gasteiger partial charge >= 0.3 is 11.9 Å². The van der Waals surface area contributed by atoms with E-state index in [9.17, 15) is 14.7 Å². The van der Waals surface area contributed by atoms with Crippen molar-refractivity contribution in [2.75, 3.05) is 0 Å². The summed E-state index contributed by atoms with van der Waals surface area (Å²) in [6.07, 6.45) is 6.90. The van der Waals surface area contributed by atoms with Gasteiger partial charge in [-0.2, -0.15) is 0 Å². The summed E-state index contributed by atoms with van der Waals surface area (Å²) in [7, 11) is 0. The van der Waals surface area contributed by atoms with Gasteiger partial charge in [0.05, 0.1) is 0 Å². The molecule has 1 aromatic rings. The number of hydrogen-bond acceptors (Lipinski definition) is 3. The van der Waals surface area contributed by atoms with Crippen molar-refractivity contribution in [1.82, 2.24) is 0 Å². The van der Waals surface area contributed by atoms with Gasteiger partial charge < -0.3 is 9.84 Å². The standard InChI is InChI=1S/C23H29BrO4/c1-3-20(25)28-14-5-7-15-13(12-14)4-6-17-16(15)10-11-23(2)18(17)8-9-19(23)21(24)22(26)27/h5,7,12,16-19,21H,3-4,6,8-11H2,1-2H3,(H,26,27)/t16-,17-,18+,19-,21?,23+/m1/s1. The summed E-state index contributed by atoms with van der Waals surface area (Å²) < 4.78 is 5.41. The van der Waals surface area contributed by atoms with Gasteiger partial charge in [0.15, 0.2) is 0 Å². The number of alkyl halides is 1. The second-order valence-corrected chi connectivity index (χ2v) is 10.1. The highest BCUT2D eigenvalue weighted by molar-refractivity contribution is 9.10. The van der Waals surface area contributed by atoms with Crippen molar-refractivity contribution in [1.29, 1.82) is 0 Å². The largest absolute Gasteiger partial charge is 0.480 e. The number of carbonyl (C=O) groups excluding carboxylic acids is 1. The number of carboxylic acids is 1. The number of esters is 1. The fourth-order valence-corrected chi connectivity index (χ4v) is 7.39. The zero-order valence-electron chi connectivity index (χ0n) is 16.6. The molecule has 3 aliphatic rings. The van der Waals surface area contributed by atoms with Gasteiger partial charge in [-0.15, -0.1) is 0 Å². The van der Waals surface area contributed by atoms with Crippen LogP contribution in [0.25, 0.3) is 0 Å². The van der Waals surface area contributed by atoms with Gasteiger partial charge in [-0.25, -0.2) is 0 Å². The van der Waals surface area contributed by atoms with Crippen molar-refractivity contribution in [3.05, 3.63) is 29.3 Å². The SMILES string of the molecule is CCC(=O)Oc1ccc2c(c1)CC[C@@H]1[C@@H]2CC[C@]2(C)[C@@H](C(Br)C(=O)O)CC[C@@H]12. The van der Waals surface area contributed by atoms with Crippen LogP contribution < -0.4 is 4.74 Å². The van der Waals surface area contributed by atoms with Gasteiger partial charge in [0.1, 0.15) is 10.6 Å². The maximum atomic E-state index is 11.6. The molecular weight excluding hydrogens is 420 g/mol. The van der Waals surface area contributed by atoms with Gasteiger partial charge in [-0.3, -0.25) is 9.59 Å². The zero-order valence-corrected chi connectivity index (χ0v) is 18.2. The number of hydrogen-bond donors (Lipinski definition) is 1. The van der Waals surface area contributed by atoms with Crippen LogP contribution in [0, 0.1) is 23.2 Å². The molecule has 5 heteroatoms. The predicted molar refractivity (Wildman–Crippen MR) is 111 cm³/mol. The zero-order chi connectivity index (χ0) is 20.1. The van der Waals surface area contributed by atoms with Crippen molar-refractivity contribution in [2.45, 2.75) is 69.5 Å². The maximum absolute atomic E-state index is 11.6. The van der Waals surface area contributed by atoms with Gasteiger partial charge in [0.2, 0.25) is 0 Å². The molecule has 0 saturated heterocycles. The Morgan fingerprint density at radius 3 is 2.79 bits per heavy atom. The smallest absolute Gasteiger partial charge is 0.317 e. The highest BCUT2D eigenvalue weighted by Gasteiger charge is 2.56. The van der Waals surface area contributed by atoms with Crippen molar-refractivity contribution < 1.29 is 19.4 Å². The molecule has 0 amide bonds. The fraction of sp³-hybridized carbons (Fsp3) is 0.652. The number of fused-ring (bicyclic) bond motifs is 5. The van der Waals surface area contributed by atoms with Crippen LogP contribution in [0.3, 0.4) is 0 Å². The van der Waals surface area contributed by atoms with E-state index in [2.05, 4.69) is 35.0 Å². The first-order chi connectivity index (χ1) is 13.3. The van der Waals surface area contributed by atoms with E-state index in [-0.39, 0.29) is 17.3 Å². The van der Waals surface area contributed by atoms with Crippen LogP contribution >= 0.6 is 15.9 Å². The van der Waals surface area contributed by atoms with E-state index in [1.165, 1.54) is 11.1 Å². The molecule has 0 radical (unpaired) electrons. The molecule has 4 nitrogen and oxygen atoms in total. The molecule has 4 rings (SSSR count). The Balaban J connectivity index is 1.57. The number of aliphatic carboxylic acids is 1. The number of ether oxygens (including phenoxy) is 1. The minimum Gasteiger partial charge on any atom is -0.480 e. The van der Waals surface area contributed by atoms with Gasteiger partial charge in [-0.05, 0) is 90.9 Å². The second-order valence-electron chi connectivity index (χ2n) is 9.07. The number of carboxylic acid groups (broad SMARTS) is 1. The molecule has 0 aliphatic heterocycles. The minimum absolute atomic E-state index is 0.113. The van der Waals surface area contributed by atoms with Crippen LogP contribution in [0.5, 0.6) is 5.75 Å². The minimum atomic E-state index is -0.725. The van der Waals surface area contributed by atoms with Crippen LogP contribution in [0.15, 0.2) is 18.2 Å². The second kappa shape index (κ2) is 7.47. The van der Waals surface area contributed by atoms with Crippen LogP contribution in [-0.4, -0.2) is 21.9 Å². The Hall–Kier alpha value is -1.36. The summed E-state index contributed by atoms with van der Waals surface area (Å²) in [5, 5.41) is 9.53. The van der Waals surface area contributed by atoms with E-state index in [1.54, 1.807) is 6.92 Å². The van der Waals surface area contributed by atoms with E-state index in [0.717, 1.165) is 38.5 Å². The topological polar surface area (TPSA) is 63.6 Å². The van der Waals surface area contributed by atoms with E-state index < -0.39 is 10.8 Å². The molecule has 1 aromatic carbocycles. The Kier molecular flexibility index (Phi) is 5.32. The number of benzene rings is 1. The molecule has 0 spiro atoms. The third-order valence-electron chi connectivity index (χ3n) is 7.88. The van der Waals surface area contributed by atoms with E-state index in [1.807, 2.05) is 6.07 Å². The number of aryl methyl sites for hydroxylation is 1. The Labute approximate surface area is 175 Å². The summed E-state index contributed by atoms with van der Waals surface area (Å²) >= 11 is 3.47. The van der Waals surface area contributed by atoms with Gasteiger partial charge in [0.25, 0.3) is 0 Å². The molecule has 1 N–H and O–H groups in total. The quantitative estimate of drug-likeness (QED) is 0.384. The normalized spacial score (nSPS) is 34.7. The van der Waals surface area contributed by atoms with Crippen LogP contribution in [-0.2, 0) is 16.0 Å². The van der Waals surface area contributed by atoms with Gasteiger partial charge in [0, 0.05) is 6.42 Å². The summed E-state index contributed by atoms with van der Waals surface area (Å²) in [4.78, 5) is 22.8. The summed E-state index contributed by atoms with van der Waals surface area (Å²) in [5.41, 5.74) is 2.86. The molecular formula is C23H29BrO4. The number of carbonyl (C=O) groups is 2. The van der Waals surface area contributed by atoms with Crippen LogP contribution in [0.1, 0.15) is 69.4 Å². The molecule has 152 valence electrons. The monoisotopic (exact) mass is 448 g/mol. The lowest BCUT2D eigenvalue weighted by Gasteiger charge is -2.51. The molecule has 28 heavy (non-hydrogen) atoms. The summed E-state index contributed by atoms with van der Waals surface area (Å²) in [5.74, 6) is 1.74. The van der Waals surface area contributed by atoms with Crippen molar-refractivity contribution >= 4 is 27.9 Å². The first-order valence-corrected chi connectivity index (χ1v) is 11.5. The average Bonchev–Trinajstić information content (AvgIpc) is 3.03. The molecule has 3 aliphatic carbocycles. The highest BCUT2D eigenvalue weighted by atomic mass is 79.9. The first kappa shape index (κ1) is 19.9. The van der Waals surface area contributed by atoms with Gasteiger partial charge in [-0.1, -0.05) is 35.8 Å². The molecule has 1 unspecified atom stereocenters. The summed E-state index contributed by atoms with van der Waals surface area (Å²) in [6.45, 7) is 4.15. The van der Waals surface area contributed by atoms with Crippen LogP contribution in [0.2, 0.25) is 0 Å². The lowest BCUT2D eigenvalue weighted by atomic mass is 9.54. The maximum Gasteiger partial charge on any atom is 0.317 e. The molecule has 0 heterocycles. The lowest BCUT2D eigenvalue weighted by Crippen LogP contribution is -2.45. The molecule has 2 fully saturated rings. The van der Waals surface area contributed by atoms with E-state index in [4.69, 9.17) is 4.74 Å². The van der Waals surface area contributed by atoms with E-state index in [0.29, 0.717) is 29.9 Å². The van der Waals surface area contributed by atoms with Crippen molar-refractivity contribution in [3.8, 4) is 5.75 Å². The third kappa shape index (κ3) is 3.20. The average molecular weight is 449 g/mol. The first-order valence-electron chi connectivity index (χ1n) is 10.6. The molecule has 0 aromatic heterocycles. The molecule has 6 atom stereocenters. The van der Waals surface area contributed by atoms with Crippen molar-refractivity contribution in [3.63, 3.8) is 0 Å². The molecule has 0 bridgehead atoms. The Morgan fingerprint density at radius 1 is 1.29 bits per heavy atom. The fourth-order valence-electron chi connectivity index (χ4n) is 6.52. The summed E-state index contributed by atoms with van der Waals surface area (Å²) in [6, 6.07) is 6.17. The van der Waals surface area contributed by atoms with Crippen LogP contribution in [0.4, 0.5) is 0 Å². The van der Waals surface area contributed by atoms with E-state index >= 15 is 0 Å². The Morgan fingerprint density at radius 2 is 2.07 bits per heavy atom. The Bertz CT molecular complexity index is 791. The third-order valence-corrected chi connectivity index (χ3v) is 8.91.